The van der Waals surface area contributed by atoms with Crippen molar-refractivity contribution in [3.63, 3.8) is 0 Å². The van der Waals surface area contributed by atoms with Crippen molar-refractivity contribution >= 4 is 11.9 Å². The van der Waals surface area contributed by atoms with E-state index in [9.17, 15) is 4.79 Å². The molecule has 0 radical (unpaired) electrons. The molecule has 1 aromatic rings. The second-order valence-corrected chi connectivity index (χ2v) is 7.71. The van der Waals surface area contributed by atoms with E-state index in [0.717, 1.165) is 51.5 Å². The first-order valence-corrected chi connectivity index (χ1v) is 9.79. The van der Waals surface area contributed by atoms with Gasteiger partial charge in [-0.3, -0.25) is 9.79 Å². The zero-order valence-corrected chi connectivity index (χ0v) is 16.8. The second kappa shape index (κ2) is 9.60. The number of guanidine groups is 1. The number of nitrogens with zero attached hydrogens (tertiary/aromatic N) is 2. The van der Waals surface area contributed by atoms with Gasteiger partial charge in [0, 0.05) is 38.0 Å². The fourth-order valence-corrected chi connectivity index (χ4v) is 3.19. The van der Waals surface area contributed by atoms with Crippen LogP contribution in [0.1, 0.15) is 51.2 Å². The summed E-state index contributed by atoms with van der Waals surface area (Å²) in [6.45, 7) is 12.8. The SMILES string of the molecule is CCNC(=NCC(C)(C)c1cccc(C)c1)NCCCN1CCCC1=O. The van der Waals surface area contributed by atoms with Crippen molar-refractivity contribution in [3.8, 4) is 0 Å². The Morgan fingerprint density at radius 1 is 1.31 bits per heavy atom. The molecule has 144 valence electrons. The fraction of sp³-hybridized carbons (Fsp3) is 0.619. The van der Waals surface area contributed by atoms with Crippen LogP contribution in [-0.2, 0) is 10.2 Å². The Morgan fingerprint density at radius 3 is 2.77 bits per heavy atom. The van der Waals surface area contributed by atoms with Crippen LogP contribution in [0, 0.1) is 6.92 Å². The predicted octanol–water partition coefficient (Wildman–Crippen LogP) is 2.84. The summed E-state index contributed by atoms with van der Waals surface area (Å²) < 4.78 is 0. The van der Waals surface area contributed by atoms with Crippen LogP contribution < -0.4 is 10.6 Å². The molecular formula is C21H34N4O. The molecule has 1 aromatic carbocycles. The highest BCUT2D eigenvalue weighted by atomic mass is 16.2. The summed E-state index contributed by atoms with van der Waals surface area (Å²) in [6.07, 6.45) is 2.66. The van der Waals surface area contributed by atoms with E-state index in [4.69, 9.17) is 4.99 Å². The van der Waals surface area contributed by atoms with Gasteiger partial charge in [0.2, 0.25) is 5.91 Å². The molecule has 0 spiro atoms. The number of likely N-dealkylation sites (tertiary alicyclic amines) is 1. The van der Waals surface area contributed by atoms with Gasteiger partial charge in [0.05, 0.1) is 6.54 Å². The van der Waals surface area contributed by atoms with Crippen LogP contribution in [0.15, 0.2) is 29.3 Å². The minimum absolute atomic E-state index is 0.0175. The van der Waals surface area contributed by atoms with Crippen molar-refractivity contribution < 1.29 is 4.79 Å². The Kier molecular flexibility index (Phi) is 7.49. The van der Waals surface area contributed by atoms with Crippen molar-refractivity contribution in [2.75, 3.05) is 32.7 Å². The molecule has 1 heterocycles. The van der Waals surface area contributed by atoms with E-state index in [0.29, 0.717) is 12.3 Å². The molecule has 0 aliphatic carbocycles. The molecule has 5 nitrogen and oxygen atoms in total. The predicted molar refractivity (Wildman–Crippen MR) is 109 cm³/mol. The van der Waals surface area contributed by atoms with E-state index in [1.807, 2.05) is 4.90 Å². The van der Waals surface area contributed by atoms with Gasteiger partial charge in [-0.25, -0.2) is 0 Å². The van der Waals surface area contributed by atoms with Crippen LogP contribution in [-0.4, -0.2) is 49.5 Å². The lowest BCUT2D eigenvalue weighted by atomic mass is 9.84. The molecular weight excluding hydrogens is 324 g/mol. The molecule has 1 saturated heterocycles. The average molecular weight is 359 g/mol. The molecule has 5 heteroatoms. The molecule has 2 rings (SSSR count). The van der Waals surface area contributed by atoms with Crippen LogP contribution in [0.5, 0.6) is 0 Å². The Hall–Kier alpha value is -2.04. The number of amides is 1. The van der Waals surface area contributed by atoms with Gasteiger partial charge in [0.15, 0.2) is 5.96 Å². The molecule has 1 fully saturated rings. The monoisotopic (exact) mass is 358 g/mol. The van der Waals surface area contributed by atoms with E-state index in [1.54, 1.807) is 0 Å². The summed E-state index contributed by atoms with van der Waals surface area (Å²) in [4.78, 5) is 18.4. The van der Waals surface area contributed by atoms with Gasteiger partial charge in [-0.15, -0.1) is 0 Å². The minimum atomic E-state index is -0.0175. The largest absolute Gasteiger partial charge is 0.357 e. The first-order valence-electron chi connectivity index (χ1n) is 9.79. The molecule has 0 saturated carbocycles. The van der Waals surface area contributed by atoms with Crippen molar-refractivity contribution in [3.05, 3.63) is 35.4 Å². The van der Waals surface area contributed by atoms with Crippen molar-refractivity contribution in [1.29, 1.82) is 0 Å². The summed E-state index contributed by atoms with van der Waals surface area (Å²) in [5.74, 6) is 1.14. The summed E-state index contributed by atoms with van der Waals surface area (Å²) in [6, 6.07) is 8.65. The molecule has 0 bridgehead atoms. The average Bonchev–Trinajstić information content (AvgIpc) is 3.01. The van der Waals surface area contributed by atoms with Crippen molar-refractivity contribution in [1.82, 2.24) is 15.5 Å². The van der Waals surface area contributed by atoms with E-state index >= 15 is 0 Å². The van der Waals surface area contributed by atoms with Gasteiger partial charge in [-0.2, -0.15) is 0 Å². The fourth-order valence-electron chi connectivity index (χ4n) is 3.19. The standard InChI is InChI=1S/C21H34N4O/c1-5-22-20(23-12-8-14-25-13-7-11-19(25)26)24-16-21(3,4)18-10-6-9-17(2)15-18/h6,9-10,15H,5,7-8,11-14,16H2,1-4H3,(H2,22,23,24). The zero-order chi connectivity index (χ0) is 19.0. The highest BCUT2D eigenvalue weighted by Gasteiger charge is 2.21. The Bertz CT molecular complexity index is 624. The van der Waals surface area contributed by atoms with Crippen LogP contribution in [0.2, 0.25) is 0 Å². The second-order valence-electron chi connectivity index (χ2n) is 7.71. The highest BCUT2D eigenvalue weighted by Crippen LogP contribution is 2.24. The Morgan fingerprint density at radius 2 is 2.12 bits per heavy atom. The molecule has 1 amide bonds. The molecule has 1 aliphatic heterocycles. The maximum Gasteiger partial charge on any atom is 0.222 e. The number of carbonyl (C=O) groups excluding carboxylic acids is 1. The minimum Gasteiger partial charge on any atom is -0.357 e. The lowest BCUT2D eigenvalue weighted by Gasteiger charge is -2.24. The lowest BCUT2D eigenvalue weighted by molar-refractivity contribution is -0.127. The van der Waals surface area contributed by atoms with Gasteiger partial charge in [0.25, 0.3) is 0 Å². The molecule has 0 aromatic heterocycles. The third-order valence-electron chi connectivity index (χ3n) is 4.84. The number of hydrogen-bond acceptors (Lipinski definition) is 2. The first-order chi connectivity index (χ1) is 12.4. The Balaban J connectivity index is 1.85. The van der Waals surface area contributed by atoms with Crippen LogP contribution in [0.3, 0.4) is 0 Å². The van der Waals surface area contributed by atoms with Crippen molar-refractivity contribution in [2.24, 2.45) is 4.99 Å². The number of benzene rings is 1. The zero-order valence-electron chi connectivity index (χ0n) is 16.8. The summed E-state index contributed by atoms with van der Waals surface area (Å²) in [7, 11) is 0. The molecule has 26 heavy (non-hydrogen) atoms. The summed E-state index contributed by atoms with van der Waals surface area (Å²) >= 11 is 0. The number of nitrogens with one attached hydrogen (secondary N) is 2. The van der Waals surface area contributed by atoms with Crippen molar-refractivity contribution in [2.45, 2.75) is 52.4 Å². The topological polar surface area (TPSA) is 56.7 Å². The maximum absolute atomic E-state index is 11.6. The lowest BCUT2D eigenvalue weighted by Crippen LogP contribution is -2.40. The van der Waals surface area contributed by atoms with Gasteiger partial charge in [-0.05, 0) is 32.3 Å². The summed E-state index contributed by atoms with van der Waals surface area (Å²) in [5.41, 5.74) is 2.57. The number of aryl methyl sites for hydroxylation is 1. The van der Waals surface area contributed by atoms with Gasteiger partial charge in [-0.1, -0.05) is 43.7 Å². The normalized spacial score (nSPS) is 15.5. The number of hydrogen-bond donors (Lipinski definition) is 2. The van der Waals surface area contributed by atoms with E-state index in [1.165, 1.54) is 11.1 Å². The van der Waals surface area contributed by atoms with Crippen LogP contribution in [0.25, 0.3) is 0 Å². The van der Waals surface area contributed by atoms with E-state index in [-0.39, 0.29) is 5.41 Å². The summed E-state index contributed by atoms with van der Waals surface area (Å²) in [5, 5.41) is 6.71. The highest BCUT2D eigenvalue weighted by molar-refractivity contribution is 5.80. The third-order valence-corrected chi connectivity index (χ3v) is 4.84. The van der Waals surface area contributed by atoms with E-state index < -0.39 is 0 Å². The quantitative estimate of drug-likeness (QED) is 0.427. The third kappa shape index (κ3) is 6.04. The number of aliphatic imine (C=N–C) groups is 1. The molecule has 2 N–H and O–H groups in total. The van der Waals surface area contributed by atoms with Gasteiger partial charge in [0.1, 0.15) is 0 Å². The van der Waals surface area contributed by atoms with E-state index in [2.05, 4.69) is 62.6 Å². The van der Waals surface area contributed by atoms with Gasteiger partial charge < -0.3 is 15.5 Å². The van der Waals surface area contributed by atoms with Crippen LogP contribution >= 0.6 is 0 Å². The molecule has 0 unspecified atom stereocenters. The smallest absolute Gasteiger partial charge is 0.222 e. The molecule has 1 aliphatic rings. The molecule has 0 atom stereocenters. The Labute approximate surface area is 158 Å². The first kappa shape index (κ1) is 20.3. The van der Waals surface area contributed by atoms with Crippen LogP contribution in [0.4, 0.5) is 0 Å². The maximum atomic E-state index is 11.6. The number of carbonyl (C=O) groups is 1. The van der Waals surface area contributed by atoms with Gasteiger partial charge >= 0.3 is 0 Å². The number of rotatable bonds is 8.